The van der Waals surface area contributed by atoms with Crippen LogP contribution in [0.2, 0.25) is 0 Å². The maximum Gasteiger partial charge on any atom is 0.251 e. The normalized spacial score (nSPS) is 12.0. The fraction of sp³-hybridized carbons (Fsp3) is 0.240. The lowest BCUT2D eigenvalue weighted by Crippen LogP contribution is -2.30. The molecule has 1 atom stereocenters. The van der Waals surface area contributed by atoms with Crippen LogP contribution in [-0.2, 0) is 16.6 Å². The molecule has 0 bridgehead atoms. The summed E-state index contributed by atoms with van der Waals surface area (Å²) < 4.78 is 50.5. The number of nitrogens with zero attached hydrogens (tertiary/aromatic N) is 1. The van der Waals surface area contributed by atoms with Gasteiger partial charge in [-0.15, -0.1) is 0 Å². The molecule has 1 amide bonds. The van der Waals surface area contributed by atoms with Crippen molar-refractivity contribution in [2.75, 3.05) is 24.8 Å². The zero-order valence-corrected chi connectivity index (χ0v) is 20.2. The minimum Gasteiger partial charge on any atom is -0.493 e. The van der Waals surface area contributed by atoms with Gasteiger partial charge in [-0.2, -0.15) is 0 Å². The van der Waals surface area contributed by atoms with Gasteiger partial charge in [0.1, 0.15) is 5.82 Å². The van der Waals surface area contributed by atoms with Gasteiger partial charge >= 0.3 is 0 Å². The average molecular weight is 487 g/mol. The van der Waals surface area contributed by atoms with Crippen molar-refractivity contribution in [2.24, 2.45) is 0 Å². The summed E-state index contributed by atoms with van der Waals surface area (Å²) in [6, 6.07) is 17.2. The highest BCUT2D eigenvalue weighted by atomic mass is 32.2. The molecule has 1 unspecified atom stereocenters. The highest BCUT2D eigenvalue weighted by Crippen LogP contribution is 2.30. The van der Waals surface area contributed by atoms with E-state index in [1.165, 1.54) is 36.4 Å². The Morgan fingerprint density at radius 3 is 2.24 bits per heavy atom. The average Bonchev–Trinajstić information content (AvgIpc) is 2.82. The van der Waals surface area contributed by atoms with E-state index < -0.39 is 15.8 Å². The van der Waals surface area contributed by atoms with E-state index in [9.17, 15) is 17.6 Å². The zero-order chi connectivity index (χ0) is 24.9. The van der Waals surface area contributed by atoms with Crippen molar-refractivity contribution in [3.05, 3.63) is 89.2 Å². The predicted molar refractivity (Wildman–Crippen MR) is 129 cm³/mol. The summed E-state index contributed by atoms with van der Waals surface area (Å²) in [5.41, 5.74) is 1.76. The van der Waals surface area contributed by atoms with Gasteiger partial charge in [-0.05, 0) is 55.0 Å². The van der Waals surface area contributed by atoms with Gasteiger partial charge in [0, 0.05) is 11.1 Å². The largest absolute Gasteiger partial charge is 0.493 e. The molecule has 9 heteroatoms. The van der Waals surface area contributed by atoms with Gasteiger partial charge in [0.05, 0.1) is 38.7 Å². The molecule has 180 valence electrons. The zero-order valence-electron chi connectivity index (χ0n) is 19.4. The van der Waals surface area contributed by atoms with Crippen molar-refractivity contribution < 1.29 is 27.1 Å². The van der Waals surface area contributed by atoms with Crippen LogP contribution in [-0.4, -0.2) is 34.8 Å². The Morgan fingerprint density at radius 2 is 1.65 bits per heavy atom. The lowest BCUT2D eigenvalue weighted by molar-refractivity contribution is 0.0940. The maximum atomic E-state index is 14.1. The monoisotopic (exact) mass is 486 g/mol. The Kier molecular flexibility index (Phi) is 7.78. The Labute approximate surface area is 199 Å². The number of carbonyl (C=O) groups excluding carboxylic acids is 1. The topological polar surface area (TPSA) is 84.9 Å². The van der Waals surface area contributed by atoms with Crippen LogP contribution >= 0.6 is 0 Å². The first-order valence-corrected chi connectivity index (χ1v) is 12.3. The number of hydrogen-bond donors (Lipinski definition) is 1. The molecule has 0 spiro atoms. The first-order valence-electron chi connectivity index (χ1n) is 10.5. The third-order valence-electron chi connectivity index (χ3n) is 5.34. The molecule has 3 rings (SSSR count). The number of anilines is 1. The summed E-state index contributed by atoms with van der Waals surface area (Å²) in [5.74, 6) is 0.331. The van der Waals surface area contributed by atoms with Crippen molar-refractivity contribution >= 4 is 21.6 Å². The van der Waals surface area contributed by atoms with E-state index in [0.29, 0.717) is 22.7 Å². The Bertz CT molecular complexity index is 1260. The third-order valence-corrected chi connectivity index (χ3v) is 6.49. The highest BCUT2D eigenvalue weighted by molar-refractivity contribution is 7.92. The van der Waals surface area contributed by atoms with Crippen LogP contribution in [0.1, 0.15) is 34.5 Å². The quantitative estimate of drug-likeness (QED) is 0.488. The first-order chi connectivity index (χ1) is 16.1. The van der Waals surface area contributed by atoms with Gasteiger partial charge in [-0.3, -0.25) is 9.10 Å². The SMILES string of the molecule is COc1ccc(C(C)NC(=O)c2ccc(N(Cc3ccccc3F)S(C)(=O)=O)cc2)cc1OC. The van der Waals surface area contributed by atoms with Crippen molar-refractivity contribution in [1.29, 1.82) is 0 Å². The van der Waals surface area contributed by atoms with Crippen molar-refractivity contribution in [2.45, 2.75) is 19.5 Å². The summed E-state index contributed by atoms with van der Waals surface area (Å²) in [4.78, 5) is 12.8. The van der Waals surface area contributed by atoms with Crippen LogP contribution in [0, 0.1) is 5.82 Å². The summed E-state index contributed by atoms with van der Waals surface area (Å²) in [6.45, 7) is 1.68. The highest BCUT2D eigenvalue weighted by Gasteiger charge is 2.20. The minimum absolute atomic E-state index is 0.159. The van der Waals surface area contributed by atoms with Gasteiger partial charge in [-0.25, -0.2) is 12.8 Å². The standard InChI is InChI=1S/C25H27FN2O5S/c1-17(19-11-14-23(32-2)24(15-19)33-3)27-25(29)18-9-12-21(13-10-18)28(34(4,30)31)16-20-7-5-6-8-22(20)26/h5-15,17H,16H2,1-4H3,(H,27,29). The van der Waals surface area contributed by atoms with Gasteiger partial charge in [0.25, 0.3) is 5.91 Å². The van der Waals surface area contributed by atoms with E-state index in [1.807, 2.05) is 13.0 Å². The van der Waals surface area contributed by atoms with Gasteiger partial charge < -0.3 is 14.8 Å². The number of halogens is 1. The molecule has 34 heavy (non-hydrogen) atoms. The molecular weight excluding hydrogens is 459 g/mol. The molecule has 7 nitrogen and oxygen atoms in total. The number of hydrogen-bond acceptors (Lipinski definition) is 5. The van der Waals surface area contributed by atoms with Gasteiger partial charge in [-0.1, -0.05) is 24.3 Å². The molecule has 0 saturated carbocycles. The van der Waals surface area contributed by atoms with Crippen molar-refractivity contribution in [3.8, 4) is 11.5 Å². The van der Waals surface area contributed by atoms with E-state index >= 15 is 0 Å². The summed E-state index contributed by atoms with van der Waals surface area (Å²) in [7, 11) is -0.600. The number of benzene rings is 3. The molecular formula is C25H27FN2O5S. The number of methoxy groups -OCH3 is 2. The second-order valence-corrected chi connectivity index (χ2v) is 9.62. The molecule has 0 aliphatic carbocycles. The molecule has 0 heterocycles. The second kappa shape index (κ2) is 10.6. The van der Waals surface area contributed by atoms with E-state index in [1.54, 1.807) is 38.5 Å². The van der Waals surface area contributed by atoms with Crippen LogP contribution in [0.25, 0.3) is 0 Å². The molecule has 0 saturated heterocycles. The molecule has 0 aromatic heterocycles. The first kappa shape index (κ1) is 25.0. The summed E-state index contributed by atoms with van der Waals surface area (Å²) in [6.07, 6.45) is 1.05. The number of nitrogens with one attached hydrogen (secondary N) is 1. The van der Waals surface area contributed by atoms with E-state index in [0.717, 1.165) is 16.1 Å². The fourth-order valence-electron chi connectivity index (χ4n) is 3.45. The van der Waals surface area contributed by atoms with E-state index in [-0.39, 0.29) is 24.1 Å². The molecule has 3 aromatic rings. The maximum absolute atomic E-state index is 14.1. The van der Waals surface area contributed by atoms with Gasteiger partial charge in [0.2, 0.25) is 10.0 Å². The van der Waals surface area contributed by atoms with Crippen LogP contribution in [0.3, 0.4) is 0 Å². The summed E-state index contributed by atoms with van der Waals surface area (Å²) >= 11 is 0. The molecule has 0 fully saturated rings. The lowest BCUT2D eigenvalue weighted by Gasteiger charge is -2.23. The number of amides is 1. The van der Waals surface area contributed by atoms with Crippen LogP contribution in [0.5, 0.6) is 11.5 Å². The molecule has 3 aromatic carbocycles. The molecule has 0 radical (unpaired) electrons. The number of ether oxygens (including phenoxy) is 2. The molecule has 1 N–H and O–H groups in total. The molecule has 0 aliphatic heterocycles. The Hall–Kier alpha value is -3.59. The Morgan fingerprint density at radius 1 is 1.00 bits per heavy atom. The number of rotatable bonds is 9. The third kappa shape index (κ3) is 5.85. The fourth-order valence-corrected chi connectivity index (χ4v) is 4.32. The van der Waals surface area contributed by atoms with Crippen LogP contribution in [0.4, 0.5) is 10.1 Å². The van der Waals surface area contributed by atoms with Crippen molar-refractivity contribution in [3.63, 3.8) is 0 Å². The number of carbonyl (C=O) groups is 1. The van der Waals surface area contributed by atoms with E-state index in [4.69, 9.17) is 9.47 Å². The minimum atomic E-state index is -3.69. The van der Waals surface area contributed by atoms with E-state index in [2.05, 4.69) is 5.32 Å². The van der Waals surface area contributed by atoms with Crippen molar-refractivity contribution in [1.82, 2.24) is 5.32 Å². The molecule has 0 aliphatic rings. The second-order valence-electron chi connectivity index (χ2n) is 7.72. The van der Waals surface area contributed by atoms with Gasteiger partial charge in [0.15, 0.2) is 11.5 Å². The lowest BCUT2D eigenvalue weighted by atomic mass is 10.1. The smallest absolute Gasteiger partial charge is 0.251 e. The predicted octanol–water partition coefficient (Wildman–Crippen LogP) is 4.30. The van der Waals surface area contributed by atoms with Crippen LogP contribution < -0.4 is 19.1 Å². The summed E-state index contributed by atoms with van der Waals surface area (Å²) in [5, 5.41) is 2.91. The van der Waals surface area contributed by atoms with Crippen LogP contribution in [0.15, 0.2) is 66.7 Å². The Balaban J connectivity index is 1.77. The number of sulfonamides is 1.